The maximum Gasteiger partial charge on any atom is 0.377 e. The van der Waals surface area contributed by atoms with Gasteiger partial charge in [0.2, 0.25) is 0 Å². The minimum atomic E-state index is -1.72. The maximum atomic E-state index is 12.6. The average molecular weight is 196 g/mol. The molecule has 1 aromatic rings. The molecule has 14 heavy (non-hydrogen) atoms. The lowest BCUT2D eigenvalue weighted by Gasteiger charge is -1.99. The van der Waals surface area contributed by atoms with E-state index in [0.29, 0.717) is 6.29 Å². The standard InChI is InChI=1S/C9H5FO4/c10-6-2-1-5(4-11)7(3-6)8(12)9(13)14/h1-4H,(H,13,14). The van der Waals surface area contributed by atoms with Gasteiger partial charge in [0.1, 0.15) is 5.82 Å². The van der Waals surface area contributed by atoms with E-state index in [9.17, 15) is 18.8 Å². The molecule has 0 fully saturated rings. The Bertz CT molecular complexity index is 411. The summed E-state index contributed by atoms with van der Waals surface area (Å²) in [5, 5.41) is 8.36. The smallest absolute Gasteiger partial charge is 0.377 e. The molecular formula is C9H5FO4. The number of carbonyl (C=O) groups excluding carboxylic acids is 2. The van der Waals surface area contributed by atoms with Crippen LogP contribution in [-0.4, -0.2) is 23.1 Å². The summed E-state index contributed by atoms with van der Waals surface area (Å²) in [4.78, 5) is 31.6. The molecule has 0 saturated carbocycles. The largest absolute Gasteiger partial charge is 0.475 e. The number of aldehydes is 1. The van der Waals surface area contributed by atoms with Gasteiger partial charge in [-0.3, -0.25) is 9.59 Å². The van der Waals surface area contributed by atoms with E-state index < -0.39 is 23.1 Å². The SMILES string of the molecule is O=Cc1ccc(F)cc1C(=O)C(=O)O. The molecule has 0 saturated heterocycles. The number of aliphatic carboxylic acids is 1. The number of carboxylic acids is 1. The van der Waals surface area contributed by atoms with Crippen molar-refractivity contribution in [2.24, 2.45) is 0 Å². The third kappa shape index (κ3) is 1.82. The Labute approximate surface area is 78.0 Å². The van der Waals surface area contributed by atoms with Gasteiger partial charge in [0.05, 0.1) is 0 Å². The Morgan fingerprint density at radius 2 is 2.00 bits per heavy atom. The van der Waals surface area contributed by atoms with Gasteiger partial charge in [0, 0.05) is 11.1 Å². The minimum absolute atomic E-state index is 0.140. The molecule has 1 N–H and O–H groups in total. The first-order valence-electron chi connectivity index (χ1n) is 3.58. The van der Waals surface area contributed by atoms with E-state index in [1.807, 2.05) is 0 Å². The van der Waals surface area contributed by atoms with Gasteiger partial charge < -0.3 is 5.11 Å². The lowest BCUT2D eigenvalue weighted by atomic mass is 10.0. The predicted octanol–water partition coefficient (Wildman–Crippen LogP) is 0.906. The summed E-state index contributed by atoms with van der Waals surface area (Å²) in [6.07, 6.45) is 0.301. The first-order chi connectivity index (χ1) is 6.56. The topological polar surface area (TPSA) is 71.4 Å². The van der Waals surface area contributed by atoms with Crippen LogP contribution in [0.5, 0.6) is 0 Å². The average Bonchev–Trinajstić information content (AvgIpc) is 2.16. The van der Waals surface area contributed by atoms with Gasteiger partial charge in [-0.15, -0.1) is 0 Å². The summed E-state index contributed by atoms with van der Waals surface area (Å²) < 4.78 is 12.6. The fraction of sp³-hybridized carbons (Fsp3) is 0. The van der Waals surface area contributed by atoms with Crippen LogP contribution in [0.15, 0.2) is 18.2 Å². The summed E-state index contributed by atoms with van der Waals surface area (Å²) in [6.45, 7) is 0. The normalized spacial score (nSPS) is 9.50. The second-order valence-corrected chi connectivity index (χ2v) is 2.48. The molecule has 0 heterocycles. The molecule has 1 aromatic carbocycles. The summed E-state index contributed by atoms with van der Waals surface area (Å²) in [5.41, 5.74) is -0.577. The van der Waals surface area contributed by atoms with Crippen LogP contribution in [0.1, 0.15) is 20.7 Å². The Hall–Kier alpha value is -2.04. The highest BCUT2D eigenvalue weighted by Crippen LogP contribution is 2.10. The van der Waals surface area contributed by atoms with Crippen molar-refractivity contribution < 1.29 is 23.9 Å². The fourth-order valence-corrected chi connectivity index (χ4v) is 0.943. The Balaban J connectivity index is 3.30. The number of carbonyl (C=O) groups is 3. The van der Waals surface area contributed by atoms with Gasteiger partial charge in [0.25, 0.3) is 5.78 Å². The molecule has 0 amide bonds. The van der Waals surface area contributed by atoms with Crippen LogP contribution >= 0.6 is 0 Å². The van der Waals surface area contributed by atoms with Crippen molar-refractivity contribution in [2.45, 2.75) is 0 Å². The van der Waals surface area contributed by atoms with Crippen LogP contribution < -0.4 is 0 Å². The lowest BCUT2D eigenvalue weighted by Crippen LogP contribution is -2.15. The van der Waals surface area contributed by atoms with Crippen molar-refractivity contribution in [3.8, 4) is 0 Å². The van der Waals surface area contributed by atoms with E-state index in [4.69, 9.17) is 5.11 Å². The molecule has 1 rings (SSSR count). The second-order valence-electron chi connectivity index (χ2n) is 2.48. The van der Waals surface area contributed by atoms with Gasteiger partial charge in [0.15, 0.2) is 6.29 Å². The van der Waals surface area contributed by atoms with Crippen LogP contribution in [-0.2, 0) is 4.79 Å². The fourth-order valence-electron chi connectivity index (χ4n) is 0.943. The Kier molecular flexibility index (Phi) is 2.71. The molecule has 0 aliphatic heterocycles. The van der Waals surface area contributed by atoms with E-state index in [1.165, 1.54) is 0 Å². The van der Waals surface area contributed by atoms with Crippen molar-refractivity contribution in [3.63, 3.8) is 0 Å². The molecule has 0 bridgehead atoms. The van der Waals surface area contributed by atoms with Gasteiger partial charge in [-0.2, -0.15) is 0 Å². The molecular weight excluding hydrogens is 191 g/mol. The summed E-state index contributed by atoms with van der Waals surface area (Å²) in [7, 11) is 0. The third-order valence-electron chi connectivity index (χ3n) is 1.58. The predicted molar refractivity (Wildman–Crippen MR) is 43.8 cm³/mol. The first kappa shape index (κ1) is 10.0. The van der Waals surface area contributed by atoms with E-state index >= 15 is 0 Å². The molecule has 0 unspecified atom stereocenters. The number of hydrogen-bond acceptors (Lipinski definition) is 3. The van der Waals surface area contributed by atoms with Gasteiger partial charge in [-0.05, 0) is 18.2 Å². The maximum absolute atomic E-state index is 12.6. The van der Waals surface area contributed by atoms with Crippen LogP contribution in [0.4, 0.5) is 4.39 Å². The number of benzene rings is 1. The molecule has 0 aliphatic carbocycles. The first-order valence-corrected chi connectivity index (χ1v) is 3.58. The Morgan fingerprint density at radius 3 is 2.50 bits per heavy atom. The van der Waals surface area contributed by atoms with Gasteiger partial charge >= 0.3 is 5.97 Å². The highest BCUT2D eigenvalue weighted by molar-refractivity contribution is 6.40. The number of halogens is 1. The lowest BCUT2D eigenvalue weighted by molar-refractivity contribution is -0.131. The monoisotopic (exact) mass is 196 g/mol. The summed E-state index contributed by atoms with van der Waals surface area (Å²) in [6, 6.07) is 2.75. The van der Waals surface area contributed by atoms with E-state index in [0.717, 1.165) is 18.2 Å². The van der Waals surface area contributed by atoms with Crippen LogP contribution in [0.3, 0.4) is 0 Å². The zero-order valence-corrected chi connectivity index (χ0v) is 6.86. The van der Waals surface area contributed by atoms with Crippen molar-refractivity contribution >= 4 is 18.0 Å². The van der Waals surface area contributed by atoms with Gasteiger partial charge in [-0.1, -0.05) is 0 Å². The van der Waals surface area contributed by atoms with E-state index in [-0.39, 0.29) is 5.56 Å². The minimum Gasteiger partial charge on any atom is -0.475 e. The summed E-state index contributed by atoms with van der Waals surface area (Å²) in [5.74, 6) is -3.79. The molecule has 4 nitrogen and oxygen atoms in total. The van der Waals surface area contributed by atoms with Crippen molar-refractivity contribution in [2.75, 3.05) is 0 Å². The zero-order chi connectivity index (χ0) is 10.7. The molecule has 0 aliphatic rings. The van der Waals surface area contributed by atoms with Crippen LogP contribution in [0.25, 0.3) is 0 Å². The highest BCUT2D eigenvalue weighted by atomic mass is 19.1. The van der Waals surface area contributed by atoms with E-state index in [2.05, 4.69) is 0 Å². The van der Waals surface area contributed by atoms with Crippen molar-refractivity contribution in [1.82, 2.24) is 0 Å². The second kappa shape index (κ2) is 3.78. The number of ketones is 1. The number of hydrogen-bond donors (Lipinski definition) is 1. The molecule has 0 radical (unpaired) electrons. The summed E-state index contributed by atoms with van der Waals surface area (Å²) >= 11 is 0. The van der Waals surface area contributed by atoms with Crippen molar-refractivity contribution in [1.29, 1.82) is 0 Å². The van der Waals surface area contributed by atoms with Crippen LogP contribution in [0, 0.1) is 5.82 Å². The highest BCUT2D eigenvalue weighted by Gasteiger charge is 2.18. The van der Waals surface area contributed by atoms with Crippen molar-refractivity contribution in [3.05, 3.63) is 35.1 Å². The number of Topliss-reactive ketones (excluding diaryl/α,β-unsaturated/α-hetero) is 1. The third-order valence-corrected chi connectivity index (χ3v) is 1.58. The quantitative estimate of drug-likeness (QED) is 0.443. The van der Waals surface area contributed by atoms with E-state index in [1.54, 1.807) is 0 Å². The van der Waals surface area contributed by atoms with Gasteiger partial charge in [-0.25, -0.2) is 9.18 Å². The zero-order valence-electron chi connectivity index (χ0n) is 6.86. The Morgan fingerprint density at radius 1 is 1.36 bits per heavy atom. The number of carboxylic acid groups (broad SMARTS) is 1. The number of rotatable bonds is 3. The molecule has 0 atom stereocenters. The molecule has 72 valence electrons. The van der Waals surface area contributed by atoms with Crippen LogP contribution in [0.2, 0.25) is 0 Å². The molecule has 0 aromatic heterocycles. The molecule has 0 spiro atoms. The molecule has 5 heteroatoms.